The first kappa shape index (κ1) is 68.8. The highest BCUT2D eigenvalue weighted by Gasteiger charge is 2.38. The fourth-order valence-corrected chi connectivity index (χ4v) is 5.16. The summed E-state index contributed by atoms with van der Waals surface area (Å²) < 4.78 is 102. The maximum absolute atomic E-state index is 13.5. The molecule has 0 spiro atoms. The highest BCUT2D eigenvalue weighted by molar-refractivity contribution is 6.02. The number of halogens is 7. The molecular formula is C53H68F7N3O15. The van der Waals surface area contributed by atoms with Crippen molar-refractivity contribution in [2.75, 3.05) is 0 Å². The van der Waals surface area contributed by atoms with Crippen LogP contribution in [0.4, 0.5) is 30.7 Å². The van der Waals surface area contributed by atoms with Crippen molar-refractivity contribution in [3.05, 3.63) is 70.2 Å². The fourth-order valence-electron chi connectivity index (χ4n) is 5.16. The highest BCUT2D eigenvalue weighted by atomic mass is 19.2. The third kappa shape index (κ3) is 20.3. The molecular weight excluding hydrogens is 1050 g/mol. The first-order chi connectivity index (χ1) is 35.1. The van der Waals surface area contributed by atoms with Gasteiger partial charge in [-0.25, -0.2) is 36.3 Å². The number of benzene rings is 2. The molecule has 0 unspecified atom stereocenters. The summed E-state index contributed by atoms with van der Waals surface area (Å²) >= 11 is 0. The van der Waals surface area contributed by atoms with Gasteiger partial charge < -0.3 is 24.0 Å². The van der Waals surface area contributed by atoms with Crippen LogP contribution in [0.1, 0.15) is 160 Å². The van der Waals surface area contributed by atoms with E-state index in [-0.39, 0.29) is 49.0 Å². The van der Waals surface area contributed by atoms with Gasteiger partial charge in [-0.15, -0.1) is 15.2 Å². The summed E-state index contributed by atoms with van der Waals surface area (Å²) in [6, 6.07) is 0.707. The molecule has 5 amide bonds. The van der Waals surface area contributed by atoms with Crippen molar-refractivity contribution in [1.82, 2.24) is 15.2 Å². The molecule has 78 heavy (non-hydrogen) atoms. The minimum absolute atomic E-state index is 0.121. The van der Waals surface area contributed by atoms with Crippen molar-refractivity contribution >= 4 is 59.4 Å². The fraction of sp³-hybridized carbons (Fsp3) is 0.547. The SMILES string of the molecule is C=C1CCC(=O)N1OC(=O)C(C)(C)C.CC(C)(C)C(=O)ON1C(=O)CCC1=O.CC(C)(C)CC(=O)ON1C(=O)CCC1=O.Cc1c(F)c(F)c(F)c(OC(=O)C(C)(C)C)c1F.Cc1cc(F)c(F)c(OC(=O)C(C)(C)C)c1F. The molecule has 3 heterocycles. The maximum atomic E-state index is 13.5. The van der Waals surface area contributed by atoms with Crippen molar-refractivity contribution in [1.29, 1.82) is 0 Å². The van der Waals surface area contributed by atoms with E-state index < -0.39 is 133 Å². The third-order valence-corrected chi connectivity index (χ3v) is 9.95. The normalized spacial score (nSPS) is 14.7. The number of esters is 2. The lowest BCUT2D eigenvalue weighted by molar-refractivity contribution is -0.203. The molecule has 0 aromatic heterocycles. The number of carbonyl (C=O) groups is 10. The summed E-state index contributed by atoms with van der Waals surface area (Å²) in [6.07, 6.45) is 1.60. The van der Waals surface area contributed by atoms with Gasteiger partial charge in [0.15, 0.2) is 29.1 Å². The summed E-state index contributed by atoms with van der Waals surface area (Å²) in [5.74, 6) is -18.1. The zero-order valence-corrected chi connectivity index (χ0v) is 46.8. The quantitative estimate of drug-likeness (QED) is 0.0655. The highest BCUT2D eigenvalue weighted by Crippen LogP contribution is 2.33. The zero-order valence-electron chi connectivity index (χ0n) is 46.8. The molecule has 2 aromatic carbocycles. The number of hydrogen-bond acceptors (Lipinski definition) is 15. The molecule has 25 heteroatoms. The number of imide groups is 2. The summed E-state index contributed by atoms with van der Waals surface area (Å²) in [4.78, 5) is 127. The Morgan fingerprint density at radius 3 is 1.13 bits per heavy atom. The van der Waals surface area contributed by atoms with E-state index >= 15 is 0 Å². The number of hydroxylamine groups is 6. The van der Waals surface area contributed by atoms with Crippen LogP contribution < -0.4 is 9.47 Å². The summed E-state index contributed by atoms with van der Waals surface area (Å²) in [5, 5.41) is 2.15. The molecule has 3 saturated heterocycles. The Hall–Kier alpha value is -7.21. The Balaban J connectivity index is 0.000000489. The number of carbonyl (C=O) groups excluding carboxylic acids is 10. The summed E-state index contributed by atoms with van der Waals surface area (Å²) in [5.41, 5.74) is -3.83. The van der Waals surface area contributed by atoms with Crippen LogP contribution in [0.2, 0.25) is 0 Å². The largest absolute Gasteiger partial charge is 0.420 e. The van der Waals surface area contributed by atoms with E-state index in [0.717, 1.165) is 12.0 Å². The van der Waals surface area contributed by atoms with Crippen molar-refractivity contribution in [3.8, 4) is 11.5 Å². The maximum Gasteiger partial charge on any atom is 0.338 e. The van der Waals surface area contributed by atoms with E-state index in [1.165, 1.54) is 48.5 Å². The molecule has 0 radical (unpaired) electrons. The van der Waals surface area contributed by atoms with Crippen LogP contribution in [0, 0.1) is 81.6 Å². The lowest BCUT2D eigenvalue weighted by Gasteiger charge is -2.21. The summed E-state index contributed by atoms with van der Waals surface area (Å²) in [7, 11) is 0. The zero-order chi connectivity index (χ0) is 61.1. The van der Waals surface area contributed by atoms with Crippen LogP contribution in [-0.4, -0.2) is 74.6 Å². The molecule has 5 rings (SSSR count). The van der Waals surface area contributed by atoms with Crippen molar-refractivity contribution in [2.45, 2.75) is 163 Å². The van der Waals surface area contributed by atoms with Gasteiger partial charge in [0.1, 0.15) is 0 Å². The first-order valence-corrected chi connectivity index (χ1v) is 23.9. The smallest absolute Gasteiger partial charge is 0.338 e. The lowest BCUT2D eigenvalue weighted by atomic mass is 9.93. The standard InChI is InChI=1S/C12H12F4O2.C12H13F3O2.C10H15NO4.C10H15NO3.C9H13NO4/c1-5-6(13)8(15)9(16)10(7(5)14)18-11(17)12(2,3)4;1-6-5-7(13)9(15)10(8(6)14)17-11(16)12(2,3)4;1-10(2,3)6-9(14)15-11-7(12)4-5-8(11)13;1-7-5-6-8(12)11(7)14-9(13)10(2,3)4;1-9(2,3)8(13)14-10-6(11)4-5-7(10)12/h1-4H3;5H,1-4H3;4-6H2,1-3H3;1,5-6H2,2-4H3;4-5H2,1-3H3. The number of allylic oxidation sites excluding steroid dienone is 1. The van der Waals surface area contributed by atoms with Gasteiger partial charge in [-0.1, -0.05) is 27.4 Å². The van der Waals surface area contributed by atoms with E-state index in [1.807, 2.05) is 20.8 Å². The Morgan fingerprint density at radius 1 is 0.449 bits per heavy atom. The number of rotatable bonds is 6. The van der Waals surface area contributed by atoms with Gasteiger partial charge in [-0.2, -0.15) is 8.78 Å². The second-order valence-electron chi connectivity index (χ2n) is 23.0. The number of amides is 5. The Kier molecular flexibility index (Phi) is 23.7. The molecule has 3 aliphatic rings. The van der Waals surface area contributed by atoms with Crippen LogP contribution in [-0.2, 0) is 62.5 Å². The van der Waals surface area contributed by atoms with Crippen LogP contribution in [0.5, 0.6) is 11.5 Å². The van der Waals surface area contributed by atoms with Gasteiger partial charge in [0.05, 0.1) is 33.8 Å². The van der Waals surface area contributed by atoms with Crippen LogP contribution in [0.3, 0.4) is 0 Å². The minimum Gasteiger partial charge on any atom is -0.420 e. The Bertz CT molecular complexity index is 2530. The van der Waals surface area contributed by atoms with Crippen LogP contribution >= 0.6 is 0 Å². The van der Waals surface area contributed by atoms with E-state index in [2.05, 4.69) is 16.1 Å². The van der Waals surface area contributed by atoms with E-state index in [4.69, 9.17) is 14.5 Å². The molecule has 0 saturated carbocycles. The number of aryl methyl sites for hydroxylation is 1. The van der Waals surface area contributed by atoms with Gasteiger partial charge in [0.2, 0.25) is 23.1 Å². The molecule has 0 aliphatic carbocycles. The predicted molar refractivity (Wildman–Crippen MR) is 261 cm³/mol. The summed E-state index contributed by atoms with van der Waals surface area (Å²) in [6.45, 7) is 30.6. The molecule has 0 N–H and O–H groups in total. The molecule has 434 valence electrons. The number of nitrogens with zero attached hydrogens (tertiary/aromatic N) is 3. The van der Waals surface area contributed by atoms with Gasteiger partial charge in [-0.05, 0) is 120 Å². The van der Waals surface area contributed by atoms with E-state index in [1.54, 1.807) is 41.5 Å². The number of ether oxygens (including phenoxy) is 2. The monoisotopic (exact) mass is 1120 g/mol. The average molecular weight is 1120 g/mol. The number of hydrogen-bond donors (Lipinski definition) is 0. The minimum atomic E-state index is -1.87. The molecule has 0 bridgehead atoms. The third-order valence-electron chi connectivity index (χ3n) is 9.95. The molecule has 18 nitrogen and oxygen atoms in total. The van der Waals surface area contributed by atoms with E-state index in [9.17, 15) is 78.7 Å². The second-order valence-corrected chi connectivity index (χ2v) is 23.0. The van der Waals surface area contributed by atoms with Crippen molar-refractivity contribution in [2.24, 2.45) is 27.1 Å². The Labute approximate surface area is 447 Å². The molecule has 0 atom stereocenters. The predicted octanol–water partition coefficient (Wildman–Crippen LogP) is 10.2. The van der Waals surface area contributed by atoms with Crippen LogP contribution in [0.15, 0.2) is 18.3 Å². The lowest BCUT2D eigenvalue weighted by Crippen LogP contribution is -2.36. The van der Waals surface area contributed by atoms with Gasteiger partial charge in [0.25, 0.3) is 29.5 Å². The molecule has 2 aromatic rings. The molecule has 3 aliphatic heterocycles. The van der Waals surface area contributed by atoms with Crippen molar-refractivity contribution < 1.29 is 103 Å². The van der Waals surface area contributed by atoms with Gasteiger partial charge in [-0.3, -0.25) is 33.6 Å². The van der Waals surface area contributed by atoms with Crippen LogP contribution in [0.25, 0.3) is 0 Å². The average Bonchev–Trinajstić information content (AvgIpc) is 3.91. The Morgan fingerprint density at radius 2 is 0.782 bits per heavy atom. The van der Waals surface area contributed by atoms with Gasteiger partial charge >= 0.3 is 29.8 Å². The second kappa shape index (κ2) is 26.9. The molecule has 3 fully saturated rings. The first-order valence-electron chi connectivity index (χ1n) is 23.9. The van der Waals surface area contributed by atoms with Crippen molar-refractivity contribution in [3.63, 3.8) is 0 Å². The van der Waals surface area contributed by atoms with E-state index in [0.29, 0.717) is 34.7 Å². The van der Waals surface area contributed by atoms with Gasteiger partial charge in [0, 0.05) is 37.7 Å². The topological polar surface area (TPSA) is 227 Å².